The molecule has 0 fully saturated rings. The summed E-state index contributed by atoms with van der Waals surface area (Å²) in [5, 5.41) is 16.0. The van der Waals surface area contributed by atoms with E-state index in [0.717, 1.165) is 24.2 Å². The predicted molar refractivity (Wildman–Crippen MR) is 111 cm³/mol. The quantitative estimate of drug-likeness (QED) is 0.555. The van der Waals surface area contributed by atoms with Crippen molar-refractivity contribution in [3.8, 4) is 5.75 Å². The van der Waals surface area contributed by atoms with Crippen LogP contribution in [0.3, 0.4) is 0 Å². The molecule has 0 radical (unpaired) electrons. The summed E-state index contributed by atoms with van der Waals surface area (Å²) >= 11 is 0. The zero-order chi connectivity index (χ0) is 21.4. The summed E-state index contributed by atoms with van der Waals surface area (Å²) in [7, 11) is 1.62. The van der Waals surface area contributed by atoms with E-state index in [1.807, 2.05) is 38.1 Å². The Morgan fingerprint density at radius 1 is 1.28 bits per heavy atom. The fraction of sp³-hybridized carbons (Fsp3) is 0.545. The fourth-order valence-electron chi connectivity index (χ4n) is 3.60. The molecule has 7 nitrogen and oxygen atoms in total. The number of methoxy groups -OCH3 is 1. The minimum atomic E-state index is -0.961. The van der Waals surface area contributed by atoms with Crippen molar-refractivity contribution in [2.75, 3.05) is 7.11 Å². The average Bonchev–Trinajstić information content (AvgIpc) is 2.71. The molecule has 160 valence electrons. The molecule has 0 spiro atoms. The van der Waals surface area contributed by atoms with Crippen LogP contribution in [0.15, 0.2) is 35.9 Å². The Hall–Kier alpha value is -2.38. The van der Waals surface area contributed by atoms with Crippen molar-refractivity contribution in [1.29, 1.82) is 0 Å². The number of rotatable bonds is 10. The second kappa shape index (κ2) is 11.0. The van der Waals surface area contributed by atoms with Crippen LogP contribution in [0.5, 0.6) is 5.75 Å². The molecule has 0 saturated heterocycles. The summed E-state index contributed by atoms with van der Waals surface area (Å²) in [6, 6.07) is 7.04. The summed E-state index contributed by atoms with van der Waals surface area (Å²) in [6.45, 7) is 6.04. The van der Waals surface area contributed by atoms with E-state index < -0.39 is 12.1 Å². The Labute approximate surface area is 172 Å². The molecular formula is C22H32N2O5. The van der Waals surface area contributed by atoms with Gasteiger partial charge in [0.1, 0.15) is 5.75 Å². The molecule has 3 atom stereocenters. The van der Waals surface area contributed by atoms with E-state index in [2.05, 4.69) is 10.6 Å². The number of carbonyl (C=O) groups is 2. The summed E-state index contributed by atoms with van der Waals surface area (Å²) in [5.74, 6) is -0.376. The first kappa shape index (κ1) is 22.9. The van der Waals surface area contributed by atoms with Crippen molar-refractivity contribution in [2.24, 2.45) is 0 Å². The van der Waals surface area contributed by atoms with Gasteiger partial charge in [-0.05, 0) is 43.0 Å². The summed E-state index contributed by atoms with van der Waals surface area (Å²) < 4.78 is 11.5. The number of carboxylic acid groups (broad SMARTS) is 1. The SMILES string of the molecule is CCC(CC)O[C@@H]1C=C(C(=O)O)C[C@H](NCc2cccc(OC)c2)[C@H]1NC(C)=O. The number of amides is 1. The lowest BCUT2D eigenvalue weighted by atomic mass is 9.87. The van der Waals surface area contributed by atoms with Crippen molar-refractivity contribution in [3.05, 3.63) is 41.5 Å². The number of aliphatic carboxylic acids is 1. The molecule has 0 bridgehead atoms. The molecule has 1 aliphatic carbocycles. The first-order valence-electron chi connectivity index (χ1n) is 10.1. The van der Waals surface area contributed by atoms with Gasteiger partial charge in [0.05, 0.1) is 25.4 Å². The van der Waals surface area contributed by atoms with E-state index in [1.165, 1.54) is 6.92 Å². The fourth-order valence-corrected chi connectivity index (χ4v) is 3.60. The van der Waals surface area contributed by atoms with Crippen LogP contribution >= 0.6 is 0 Å². The molecule has 2 rings (SSSR count). The van der Waals surface area contributed by atoms with Gasteiger partial charge in [0.25, 0.3) is 0 Å². The van der Waals surface area contributed by atoms with Gasteiger partial charge >= 0.3 is 5.97 Å². The highest BCUT2D eigenvalue weighted by molar-refractivity contribution is 5.87. The van der Waals surface area contributed by atoms with Gasteiger partial charge in [0.2, 0.25) is 5.91 Å². The Bertz CT molecular complexity index is 730. The molecule has 29 heavy (non-hydrogen) atoms. The zero-order valence-corrected chi connectivity index (χ0v) is 17.6. The number of nitrogens with one attached hydrogen (secondary N) is 2. The van der Waals surface area contributed by atoms with Crippen LogP contribution in [0.4, 0.5) is 0 Å². The van der Waals surface area contributed by atoms with Crippen molar-refractivity contribution in [1.82, 2.24) is 10.6 Å². The Kier molecular flexibility index (Phi) is 8.67. The highest BCUT2D eigenvalue weighted by atomic mass is 16.5. The predicted octanol–water partition coefficient (Wildman–Crippen LogP) is 2.65. The highest BCUT2D eigenvalue weighted by Gasteiger charge is 2.37. The lowest BCUT2D eigenvalue weighted by molar-refractivity contribution is -0.133. The summed E-state index contributed by atoms with van der Waals surface area (Å²) in [6.07, 6.45) is 3.07. The van der Waals surface area contributed by atoms with Crippen LogP contribution < -0.4 is 15.4 Å². The van der Waals surface area contributed by atoms with Gasteiger partial charge in [-0.15, -0.1) is 0 Å². The highest BCUT2D eigenvalue weighted by Crippen LogP contribution is 2.25. The van der Waals surface area contributed by atoms with Gasteiger partial charge in [0.15, 0.2) is 0 Å². The van der Waals surface area contributed by atoms with Crippen LogP contribution in [0, 0.1) is 0 Å². The molecule has 0 aliphatic heterocycles. The smallest absolute Gasteiger partial charge is 0.331 e. The van der Waals surface area contributed by atoms with Gasteiger partial charge in [0, 0.05) is 25.1 Å². The molecule has 0 unspecified atom stereocenters. The maximum atomic E-state index is 11.9. The van der Waals surface area contributed by atoms with Gasteiger partial charge in [-0.25, -0.2) is 4.79 Å². The maximum Gasteiger partial charge on any atom is 0.331 e. The van der Waals surface area contributed by atoms with Crippen molar-refractivity contribution >= 4 is 11.9 Å². The lowest BCUT2D eigenvalue weighted by Gasteiger charge is -2.38. The monoisotopic (exact) mass is 404 g/mol. The van der Waals surface area contributed by atoms with E-state index in [0.29, 0.717) is 18.5 Å². The first-order chi connectivity index (χ1) is 13.9. The molecule has 0 aromatic heterocycles. The average molecular weight is 405 g/mol. The molecule has 7 heteroatoms. The topological polar surface area (TPSA) is 96.9 Å². The zero-order valence-electron chi connectivity index (χ0n) is 17.6. The second-order valence-corrected chi connectivity index (χ2v) is 7.31. The number of benzene rings is 1. The normalized spacial score (nSPS) is 21.6. The third kappa shape index (κ3) is 6.58. The molecule has 1 amide bonds. The van der Waals surface area contributed by atoms with Crippen LogP contribution in [0.25, 0.3) is 0 Å². The number of hydrogen-bond donors (Lipinski definition) is 3. The maximum absolute atomic E-state index is 11.9. The van der Waals surface area contributed by atoms with Gasteiger partial charge in [-0.2, -0.15) is 0 Å². The molecule has 0 heterocycles. The van der Waals surface area contributed by atoms with Crippen LogP contribution in [0.2, 0.25) is 0 Å². The third-order valence-corrected chi connectivity index (χ3v) is 5.20. The summed E-state index contributed by atoms with van der Waals surface area (Å²) in [5.41, 5.74) is 1.31. The van der Waals surface area contributed by atoms with E-state index in [9.17, 15) is 14.7 Å². The second-order valence-electron chi connectivity index (χ2n) is 7.31. The first-order valence-corrected chi connectivity index (χ1v) is 10.1. The Balaban J connectivity index is 2.24. The minimum absolute atomic E-state index is 0.000289. The number of carbonyl (C=O) groups excluding carboxylic acids is 1. The Morgan fingerprint density at radius 3 is 2.59 bits per heavy atom. The molecule has 3 N–H and O–H groups in total. The van der Waals surface area contributed by atoms with Crippen LogP contribution in [-0.4, -0.2) is 48.4 Å². The number of ether oxygens (including phenoxy) is 2. The van der Waals surface area contributed by atoms with Crippen molar-refractivity contribution < 1.29 is 24.2 Å². The van der Waals surface area contributed by atoms with Gasteiger partial charge in [-0.3, -0.25) is 4.79 Å². The van der Waals surface area contributed by atoms with E-state index in [-0.39, 0.29) is 24.1 Å². The standard InChI is InChI=1S/C22H32N2O5/c1-5-17(6-2)29-20-12-16(22(26)27)11-19(21(20)24-14(3)25)23-13-15-8-7-9-18(10-15)28-4/h7-10,12,17,19-21,23H,5-6,11,13H2,1-4H3,(H,24,25)(H,26,27)/t19-,20+,21+/m0/s1. The molecule has 1 aromatic carbocycles. The van der Waals surface area contributed by atoms with Crippen molar-refractivity contribution in [3.63, 3.8) is 0 Å². The Morgan fingerprint density at radius 2 is 2.00 bits per heavy atom. The van der Waals surface area contributed by atoms with E-state index in [1.54, 1.807) is 13.2 Å². The summed E-state index contributed by atoms with van der Waals surface area (Å²) in [4.78, 5) is 23.6. The van der Waals surface area contributed by atoms with E-state index in [4.69, 9.17) is 9.47 Å². The van der Waals surface area contributed by atoms with Crippen LogP contribution in [0.1, 0.15) is 45.6 Å². The van der Waals surface area contributed by atoms with Gasteiger partial charge < -0.3 is 25.2 Å². The molecule has 1 aromatic rings. The largest absolute Gasteiger partial charge is 0.497 e. The van der Waals surface area contributed by atoms with Crippen LogP contribution in [-0.2, 0) is 20.9 Å². The molecule has 0 saturated carbocycles. The third-order valence-electron chi connectivity index (χ3n) is 5.20. The van der Waals surface area contributed by atoms with E-state index >= 15 is 0 Å². The number of hydrogen-bond acceptors (Lipinski definition) is 5. The van der Waals surface area contributed by atoms with Gasteiger partial charge in [-0.1, -0.05) is 26.0 Å². The molecular weight excluding hydrogens is 372 g/mol. The minimum Gasteiger partial charge on any atom is -0.497 e. The molecule has 1 aliphatic rings. The lowest BCUT2D eigenvalue weighted by Crippen LogP contribution is -2.58. The van der Waals surface area contributed by atoms with Crippen molar-refractivity contribution in [2.45, 2.75) is 70.9 Å². The number of carboxylic acids is 1.